The Hall–Kier alpha value is -6.02. The van der Waals surface area contributed by atoms with Gasteiger partial charge in [0, 0.05) is 43.4 Å². The molecule has 8 N–H and O–H groups in total. The molecule has 3 aromatic carbocycles. The van der Waals surface area contributed by atoms with Gasteiger partial charge in [0.1, 0.15) is 36.3 Å². The van der Waals surface area contributed by atoms with Crippen LogP contribution in [0.1, 0.15) is 56.7 Å². The third kappa shape index (κ3) is 11.3. The van der Waals surface area contributed by atoms with Crippen LogP contribution in [0.15, 0.2) is 91.1 Å². The fourth-order valence-corrected chi connectivity index (χ4v) is 7.22. The second-order valence-electron chi connectivity index (χ2n) is 15.3. The Morgan fingerprint density at radius 3 is 1.81 bits per heavy atom. The molecule has 1 aliphatic rings. The van der Waals surface area contributed by atoms with Crippen LogP contribution in [0.3, 0.4) is 0 Å². The lowest BCUT2D eigenvalue weighted by atomic mass is 9.98. The highest BCUT2D eigenvalue weighted by Gasteiger charge is 2.37. The first kappa shape index (κ1) is 43.1. The molecular weight excluding hydrogens is 737 g/mol. The molecule has 5 rings (SSSR count). The lowest BCUT2D eigenvalue weighted by molar-refractivity contribution is -0.143. The lowest BCUT2D eigenvalue weighted by Gasteiger charge is -2.33. The Morgan fingerprint density at radius 1 is 0.621 bits per heavy atom. The summed E-state index contributed by atoms with van der Waals surface area (Å²) < 4.78 is 0. The molecule has 1 aromatic heterocycles. The second-order valence-corrected chi connectivity index (χ2v) is 15.3. The van der Waals surface area contributed by atoms with E-state index in [1.54, 1.807) is 20.0 Å². The molecule has 1 aliphatic heterocycles. The number of rotatable bonds is 11. The Morgan fingerprint density at radius 2 is 1.17 bits per heavy atom. The predicted molar refractivity (Wildman–Crippen MR) is 222 cm³/mol. The molecule has 0 radical (unpaired) electrons. The Labute approximate surface area is 339 Å². The fraction of sp³-hybridized carbons (Fsp3) is 0.409. The van der Waals surface area contributed by atoms with E-state index in [4.69, 9.17) is 5.73 Å². The van der Waals surface area contributed by atoms with E-state index in [1.807, 2.05) is 84.9 Å². The quantitative estimate of drug-likeness (QED) is 0.113. The average Bonchev–Trinajstić information content (AvgIpc) is 3.63. The van der Waals surface area contributed by atoms with Crippen molar-refractivity contribution >= 4 is 46.3 Å². The van der Waals surface area contributed by atoms with E-state index in [0.717, 1.165) is 27.6 Å². The van der Waals surface area contributed by atoms with Gasteiger partial charge in [0.15, 0.2) is 0 Å². The van der Waals surface area contributed by atoms with E-state index < -0.39 is 77.6 Å². The van der Waals surface area contributed by atoms with E-state index in [1.165, 1.54) is 18.9 Å². The molecule has 0 bridgehead atoms. The van der Waals surface area contributed by atoms with Crippen LogP contribution >= 0.6 is 0 Å². The van der Waals surface area contributed by atoms with Gasteiger partial charge in [-0.1, -0.05) is 92.7 Å². The Kier molecular flexibility index (Phi) is 15.2. The molecule has 6 amide bonds. The SMILES string of the molecule is CC(C)[C@H]1NC(=O)[C@@H](Cc2ccccc2)N(C)C(=O)[C@@H](C)NC(=O)[C@@H](Cc2ccccc2)NC(=O)[C@H](Cc2c[nH]c3ccccc23)NC(=O)[C@H](CCCCN)NC1=O. The van der Waals surface area contributed by atoms with Crippen molar-refractivity contribution in [3.63, 3.8) is 0 Å². The normalized spacial score (nSPS) is 23.0. The molecule has 6 atom stereocenters. The number of nitrogens with one attached hydrogen (secondary N) is 6. The molecule has 0 aliphatic carbocycles. The van der Waals surface area contributed by atoms with E-state index in [-0.39, 0.29) is 25.7 Å². The largest absolute Gasteiger partial charge is 0.361 e. The maximum Gasteiger partial charge on any atom is 0.245 e. The molecule has 14 nitrogen and oxygen atoms in total. The molecule has 1 fully saturated rings. The fourth-order valence-electron chi connectivity index (χ4n) is 7.22. The topological polar surface area (TPSA) is 208 Å². The molecule has 14 heteroatoms. The molecule has 308 valence electrons. The summed E-state index contributed by atoms with van der Waals surface area (Å²) >= 11 is 0. The summed E-state index contributed by atoms with van der Waals surface area (Å²) in [5.74, 6) is -4.00. The highest BCUT2D eigenvalue weighted by molar-refractivity contribution is 5.98. The highest BCUT2D eigenvalue weighted by atomic mass is 16.2. The average molecular weight is 793 g/mol. The van der Waals surface area contributed by atoms with Crippen molar-refractivity contribution in [2.75, 3.05) is 13.6 Å². The zero-order valence-electron chi connectivity index (χ0n) is 33.6. The standard InChI is InChI=1S/C44H56N8O6/c1-27(2)38-43(57)48-34(21-13-14-22-45)39(53)50-36(25-31-26-46-33-20-12-11-19-32(31)33)41(55)49-35(23-29-15-7-5-8-16-29)40(54)47-28(3)44(58)52(4)37(42(56)51-38)24-30-17-9-6-10-18-30/h5-12,15-20,26-28,34-38,46H,13-14,21-25,45H2,1-4H3,(H,47,54)(H,48,57)(H,49,55)(H,50,53)(H,51,56)/t28-,34+,35-,36+,37-,38-/m1/s1. The lowest BCUT2D eigenvalue weighted by Crippen LogP contribution is -2.62. The van der Waals surface area contributed by atoms with E-state index in [2.05, 4.69) is 31.6 Å². The number of unbranched alkanes of at least 4 members (excludes halogenated alkanes) is 1. The number of H-pyrrole nitrogens is 1. The molecule has 4 aromatic rings. The van der Waals surface area contributed by atoms with E-state index >= 15 is 0 Å². The van der Waals surface area contributed by atoms with Gasteiger partial charge in [0.25, 0.3) is 0 Å². The van der Waals surface area contributed by atoms with Crippen molar-refractivity contribution < 1.29 is 28.8 Å². The molecule has 0 spiro atoms. The predicted octanol–water partition coefficient (Wildman–Crippen LogP) is 2.27. The van der Waals surface area contributed by atoms with Gasteiger partial charge in [0.05, 0.1) is 0 Å². The van der Waals surface area contributed by atoms with Crippen LogP contribution in [-0.2, 0) is 48.0 Å². The van der Waals surface area contributed by atoms with Crippen LogP contribution in [0.25, 0.3) is 10.9 Å². The maximum absolute atomic E-state index is 14.4. The van der Waals surface area contributed by atoms with Crippen molar-refractivity contribution in [3.8, 4) is 0 Å². The summed E-state index contributed by atoms with van der Waals surface area (Å²) in [5, 5.41) is 15.1. The summed E-state index contributed by atoms with van der Waals surface area (Å²) in [6.45, 7) is 5.43. The van der Waals surface area contributed by atoms with Gasteiger partial charge in [-0.2, -0.15) is 0 Å². The molecule has 58 heavy (non-hydrogen) atoms. The number of amides is 6. The first-order chi connectivity index (χ1) is 27.9. The maximum atomic E-state index is 14.4. The highest BCUT2D eigenvalue weighted by Crippen LogP contribution is 2.20. The number of benzene rings is 3. The number of carbonyl (C=O) groups is 6. The van der Waals surface area contributed by atoms with Gasteiger partial charge >= 0.3 is 0 Å². The summed E-state index contributed by atoms with van der Waals surface area (Å²) in [5.41, 5.74) is 8.91. The van der Waals surface area contributed by atoms with Gasteiger partial charge in [-0.25, -0.2) is 0 Å². The number of likely N-dealkylation sites (N-methyl/N-ethyl adjacent to an activating group) is 1. The third-order valence-corrected chi connectivity index (χ3v) is 10.6. The number of aromatic nitrogens is 1. The number of nitrogens with two attached hydrogens (primary N) is 1. The number of hydrogen-bond acceptors (Lipinski definition) is 7. The third-order valence-electron chi connectivity index (χ3n) is 10.6. The van der Waals surface area contributed by atoms with Crippen molar-refractivity contribution in [1.29, 1.82) is 0 Å². The van der Waals surface area contributed by atoms with Crippen molar-refractivity contribution in [2.24, 2.45) is 11.7 Å². The van der Waals surface area contributed by atoms with Gasteiger partial charge in [-0.3, -0.25) is 28.8 Å². The van der Waals surface area contributed by atoms with Crippen LogP contribution < -0.4 is 32.3 Å². The number of hydrogen-bond donors (Lipinski definition) is 7. The number of nitrogens with zero attached hydrogens (tertiary/aromatic N) is 1. The molecule has 0 saturated carbocycles. The second kappa shape index (κ2) is 20.4. The van der Waals surface area contributed by atoms with Gasteiger partial charge < -0.3 is 42.2 Å². The minimum atomic E-state index is -1.19. The van der Waals surface area contributed by atoms with Gasteiger partial charge in [-0.05, 0) is 61.4 Å². The minimum absolute atomic E-state index is 0.0535. The monoisotopic (exact) mass is 792 g/mol. The van der Waals surface area contributed by atoms with Crippen LogP contribution in [-0.4, -0.2) is 95.2 Å². The van der Waals surface area contributed by atoms with Gasteiger partial charge in [0.2, 0.25) is 35.4 Å². The number of fused-ring (bicyclic) bond motifs is 1. The summed E-state index contributed by atoms with van der Waals surface area (Å²) in [6, 6.07) is 19.1. The molecular formula is C44H56N8O6. The molecule has 2 heterocycles. The molecule has 1 saturated heterocycles. The summed E-state index contributed by atoms with van der Waals surface area (Å²) in [6.07, 6.45) is 3.32. The summed E-state index contributed by atoms with van der Waals surface area (Å²) in [4.78, 5) is 89.8. The Balaban J connectivity index is 1.56. The Bertz CT molecular complexity index is 2040. The zero-order valence-corrected chi connectivity index (χ0v) is 33.6. The van der Waals surface area contributed by atoms with Gasteiger partial charge in [-0.15, -0.1) is 0 Å². The first-order valence-electron chi connectivity index (χ1n) is 20.0. The first-order valence-corrected chi connectivity index (χ1v) is 20.0. The van der Waals surface area contributed by atoms with E-state index in [9.17, 15) is 28.8 Å². The number of carbonyl (C=O) groups excluding carboxylic acids is 6. The van der Waals surface area contributed by atoms with E-state index in [0.29, 0.717) is 19.4 Å². The minimum Gasteiger partial charge on any atom is -0.361 e. The summed E-state index contributed by atoms with van der Waals surface area (Å²) in [7, 11) is 1.48. The van der Waals surface area contributed by atoms with Crippen molar-refractivity contribution in [1.82, 2.24) is 36.5 Å². The van der Waals surface area contributed by atoms with Crippen LogP contribution in [0, 0.1) is 5.92 Å². The smallest absolute Gasteiger partial charge is 0.245 e. The van der Waals surface area contributed by atoms with Crippen LogP contribution in [0.4, 0.5) is 0 Å². The molecule has 0 unspecified atom stereocenters. The van der Waals surface area contributed by atoms with Crippen LogP contribution in [0.5, 0.6) is 0 Å². The zero-order chi connectivity index (χ0) is 41.8. The van der Waals surface area contributed by atoms with Crippen LogP contribution in [0.2, 0.25) is 0 Å². The number of aromatic amines is 1. The van der Waals surface area contributed by atoms with Crippen molar-refractivity contribution in [3.05, 3.63) is 108 Å². The van der Waals surface area contributed by atoms with Crippen molar-refractivity contribution in [2.45, 2.75) is 95.5 Å². The number of para-hydroxylation sites is 1.